The van der Waals surface area contributed by atoms with Gasteiger partial charge in [0.25, 0.3) is 11.6 Å². The van der Waals surface area contributed by atoms with Gasteiger partial charge in [0.2, 0.25) is 0 Å². The van der Waals surface area contributed by atoms with Crippen LogP contribution < -0.4 is 10.6 Å². The zero-order valence-corrected chi connectivity index (χ0v) is 14.8. The molecule has 0 aliphatic carbocycles. The van der Waals surface area contributed by atoms with Crippen LogP contribution in [-0.4, -0.2) is 10.8 Å². The molecule has 8 heteroatoms. The molecule has 2 aromatic carbocycles. The van der Waals surface area contributed by atoms with Gasteiger partial charge in [-0.25, -0.2) is 0 Å². The number of non-ortho nitro benzene ring substituents is 1. The normalized spacial score (nSPS) is 10.8. The summed E-state index contributed by atoms with van der Waals surface area (Å²) in [5, 5.41) is 25.7. The lowest BCUT2D eigenvalue weighted by molar-refractivity contribution is -0.384. The molecular weight excluding hydrogens is 356 g/mol. The minimum atomic E-state index is -0.644. The van der Waals surface area contributed by atoms with Crippen molar-refractivity contribution in [2.24, 2.45) is 0 Å². The molecule has 132 valence electrons. The van der Waals surface area contributed by atoms with E-state index in [1.54, 1.807) is 6.07 Å². The van der Waals surface area contributed by atoms with Crippen LogP contribution in [0.3, 0.4) is 0 Å². The third kappa shape index (κ3) is 4.59. The Labute approximate surface area is 155 Å². The molecule has 0 heterocycles. The lowest BCUT2D eigenvalue weighted by atomic mass is 10.1. The number of benzene rings is 2. The minimum absolute atomic E-state index is 0.0924. The second-order valence-electron chi connectivity index (χ2n) is 5.51. The molecule has 0 aliphatic heterocycles. The largest absolute Gasteiger partial charge is 0.359 e. The average Bonchev–Trinajstić information content (AvgIpc) is 2.57. The Hall–Kier alpha value is -3.37. The third-order valence-electron chi connectivity index (χ3n) is 3.49. The number of rotatable bonds is 5. The molecule has 7 nitrogen and oxygen atoms in total. The Bertz CT molecular complexity index is 907. The van der Waals surface area contributed by atoms with Gasteiger partial charge >= 0.3 is 0 Å². The molecule has 0 saturated carbocycles. The number of carbonyl (C=O) groups is 1. The van der Waals surface area contributed by atoms with E-state index in [0.29, 0.717) is 16.4 Å². The fraction of sp³-hybridized carbons (Fsp3) is 0.111. The maximum absolute atomic E-state index is 12.2. The monoisotopic (exact) mass is 370 g/mol. The summed E-state index contributed by atoms with van der Waals surface area (Å²) in [7, 11) is 0. The summed E-state index contributed by atoms with van der Waals surface area (Å²) in [6.45, 7) is 3.77. The predicted octanol–water partition coefficient (Wildman–Crippen LogP) is 4.32. The number of nitro groups is 1. The minimum Gasteiger partial charge on any atom is -0.359 e. The van der Waals surface area contributed by atoms with Crippen LogP contribution in [0, 0.1) is 35.3 Å². The zero-order valence-electron chi connectivity index (χ0n) is 14.0. The first-order valence-electron chi connectivity index (χ1n) is 7.51. The van der Waals surface area contributed by atoms with Gasteiger partial charge in [-0.1, -0.05) is 17.7 Å². The molecule has 0 saturated heterocycles. The Morgan fingerprint density at radius 1 is 1.27 bits per heavy atom. The van der Waals surface area contributed by atoms with Gasteiger partial charge < -0.3 is 10.6 Å². The number of nitriles is 1. The van der Waals surface area contributed by atoms with Crippen LogP contribution >= 0.6 is 11.6 Å². The van der Waals surface area contributed by atoms with Crippen molar-refractivity contribution in [3.8, 4) is 6.07 Å². The van der Waals surface area contributed by atoms with Crippen molar-refractivity contribution in [3.63, 3.8) is 0 Å². The fourth-order valence-electron chi connectivity index (χ4n) is 2.26. The van der Waals surface area contributed by atoms with E-state index in [4.69, 9.17) is 11.6 Å². The number of halogens is 1. The summed E-state index contributed by atoms with van der Waals surface area (Å²) in [5.41, 5.74) is 2.56. The number of anilines is 2. The highest BCUT2D eigenvalue weighted by molar-refractivity contribution is 6.33. The van der Waals surface area contributed by atoms with Crippen LogP contribution in [0.5, 0.6) is 0 Å². The third-order valence-corrected chi connectivity index (χ3v) is 3.79. The van der Waals surface area contributed by atoms with Crippen LogP contribution in [0.4, 0.5) is 17.1 Å². The van der Waals surface area contributed by atoms with Crippen molar-refractivity contribution in [3.05, 3.63) is 74.4 Å². The van der Waals surface area contributed by atoms with E-state index in [9.17, 15) is 20.2 Å². The number of aryl methyl sites for hydroxylation is 2. The first kappa shape index (κ1) is 19.0. The number of nitrogens with one attached hydrogen (secondary N) is 2. The highest BCUT2D eigenvalue weighted by Gasteiger charge is 2.12. The first-order chi connectivity index (χ1) is 12.3. The van der Waals surface area contributed by atoms with Gasteiger partial charge in [-0.3, -0.25) is 14.9 Å². The molecule has 0 unspecified atom stereocenters. The fourth-order valence-corrected chi connectivity index (χ4v) is 2.63. The summed E-state index contributed by atoms with van der Waals surface area (Å²) in [5.74, 6) is -0.644. The van der Waals surface area contributed by atoms with Gasteiger partial charge in [0, 0.05) is 24.0 Å². The molecule has 26 heavy (non-hydrogen) atoms. The van der Waals surface area contributed by atoms with E-state index < -0.39 is 10.8 Å². The maximum Gasteiger partial charge on any atom is 0.269 e. The molecule has 0 atom stereocenters. The van der Waals surface area contributed by atoms with E-state index in [2.05, 4.69) is 10.6 Å². The SMILES string of the molecule is Cc1cc(C)c(N/C=C(/C#N)C(=O)Nc2ccc([N+](=O)[O-])cc2)c(Cl)c1. The maximum atomic E-state index is 12.2. The number of hydrogen-bond acceptors (Lipinski definition) is 5. The number of amides is 1. The smallest absolute Gasteiger partial charge is 0.269 e. The molecule has 0 fully saturated rings. The van der Waals surface area contributed by atoms with Crippen molar-refractivity contribution in [2.75, 3.05) is 10.6 Å². The Morgan fingerprint density at radius 3 is 2.46 bits per heavy atom. The van der Waals surface area contributed by atoms with Gasteiger partial charge in [-0.05, 0) is 43.2 Å². The summed E-state index contributed by atoms with van der Waals surface area (Å²) >= 11 is 6.18. The standard InChI is InChI=1S/C18H15ClN4O3/c1-11-7-12(2)17(16(19)8-11)21-10-13(9-20)18(24)22-14-3-5-15(6-4-14)23(25)26/h3-8,10,21H,1-2H3,(H,22,24)/b13-10-. The molecule has 1 amide bonds. The van der Waals surface area contributed by atoms with E-state index >= 15 is 0 Å². The summed E-state index contributed by atoms with van der Waals surface area (Å²) in [4.78, 5) is 22.3. The summed E-state index contributed by atoms with van der Waals surface area (Å²) in [6.07, 6.45) is 1.27. The molecular formula is C18H15ClN4O3. The van der Waals surface area contributed by atoms with E-state index in [-0.39, 0.29) is 11.3 Å². The van der Waals surface area contributed by atoms with E-state index in [1.807, 2.05) is 26.0 Å². The number of carbonyl (C=O) groups excluding carboxylic acids is 1. The summed E-state index contributed by atoms with van der Waals surface area (Å²) < 4.78 is 0. The van der Waals surface area contributed by atoms with Gasteiger partial charge in [0.1, 0.15) is 11.6 Å². The van der Waals surface area contributed by atoms with Crippen LogP contribution in [-0.2, 0) is 4.79 Å². The zero-order chi connectivity index (χ0) is 19.3. The highest BCUT2D eigenvalue weighted by atomic mass is 35.5. The Kier molecular flexibility index (Phi) is 5.94. The molecule has 2 aromatic rings. The topological polar surface area (TPSA) is 108 Å². The van der Waals surface area contributed by atoms with Crippen molar-refractivity contribution in [1.82, 2.24) is 0 Å². The van der Waals surface area contributed by atoms with E-state index in [1.165, 1.54) is 30.5 Å². The van der Waals surface area contributed by atoms with Gasteiger partial charge in [0.15, 0.2) is 0 Å². The van der Waals surface area contributed by atoms with Crippen molar-refractivity contribution in [1.29, 1.82) is 5.26 Å². The molecule has 0 aliphatic rings. The Morgan fingerprint density at radius 2 is 1.92 bits per heavy atom. The first-order valence-corrected chi connectivity index (χ1v) is 7.89. The van der Waals surface area contributed by atoms with Crippen LogP contribution in [0.1, 0.15) is 11.1 Å². The molecule has 0 spiro atoms. The molecule has 0 aromatic heterocycles. The van der Waals surface area contributed by atoms with Crippen LogP contribution in [0.2, 0.25) is 5.02 Å². The average molecular weight is 371 g/mol. The summed E-state index contributed by atoms with van der Waals surface area (Å²) in [6, 6.07) is 10.8. The van der Waals surface area contributed by atoms with Gasteiger partial charge in [0.05, 0.1) is 15.6 Å². The predicted molar refractivity (Wildman–Crippen MR) is 100.0 cm³/mol. The quantitative estimate of drug-likeness (QED) is 0.352. The van der Waals surface area contributed by atoms with Crippen molar-refractivity contribution < 1.29 is 9.72 Å². The lowest BCUT2D eigenvalue weighted by Gasteiger charge is -2.10. The van der Waals surface area contributed by atoms with E-state index in [0.717, 1.165) is 11.1 Å². The van der Waals surface area contributed by atoms with Gasteiger partial charge in [-0.15, -0.1) is 0 Å². The highest BCUT2D eigenvalue weighted by Crippen LogP contribution is 2.27. The van der Waals surface area contributed by atoms with Crippen LogP contribution in [0.15, 0.2) is 48.2 Å². The molecule has 2 N–H and O–H groups in total. The second kappa shape index (κ2) is 8.14. The lowest BCUT2D eigenvalue weighted by Crippen LogP contribution is -2.14. The Balaban J connectivity index is 2.15. The number of hydrogen-bond donors (Lipinski definition) is 2. The van der Waals surface area contributed by atoms with Gasteiger partial charge in [-0.2, -0.15) is 5.26 Å². The number of nitrogens with zero attached hydrogens (tertiary/aromatic N) is 2. The number of nitro benzene ring substituents is 1. The molecule has 0 bridgehead atoms. The molecule has 2 rings (SSSR count). The van der Waals surface area contributed by atoms with Crippen LogP contribution in [0.25, 0.3) is 0 Å². The molecule has 0 radical (unpaired) electrons. The van der Waals surface area contributed by atoms with Crippen molar-refractivity contribution >= 4 is 34.6 Å². The second-order valence-corrected chi connectivity index (χ2v) is 5.92. The van der Waals surface area contributed by atoms with Crippen molar-refractivity contribution in [2.45, 2.75) is 13.8 Å².